The Morgan fingerprint density at radius 1 is 1.00 bits per heavy atom. The van der Waals surface area contributed by atoms with Crippen LogP contribution in [-0.4, -0.2) is 54.6 Å². The van der Waals surface area contributed by atoms with Crippen LogP contribution in [0.3, 0.4) is 0 Å². The summed E-state index contributed by atoms with van der Waals surface area (Å²) in [7, 11) is -2.48. The zero-order valence-electron chi connectivity index (χ0n) is 20.5. The normalized spacial score (nSPS) is 13.0. The molecule has 0 aliphatic rings. The zero-order valence-corrected chi connectivity index (χ0v) is 21.4. The summed E-state index contributed by atoms with van der Waals surface area (Å²) in [6, 6.07) is 13.3. The number of likely N-dealkylation sites (N-methyl/N-ethyl adjacent to an activating group) is 1. The molecule has 0 saturated carbocycles. The van der Waals surface area contributed by atoms with Crippen molar-refractivity contribution in [2.75, 3.05) is 13.6 Å². The Labute approximate surface area is 197 Å². The molecular weight excluding hydrogens is 438 g/mol. The highest BCUT2D eigenvalue weighted by atomic mass is 32.2. The zero-order chi connectivity index (χ0) is 25.0. The van der Waals surface area contributed by atoms with Gasteiger partial charge in [0.2, 0.25) is 21.8 Å². The van der Waals surface area contributed by atoms with Crippen molar-refractivity contribution in [1.82, 2.24) is 14.5 Å². The summed E-state index contributed by atoms with van der Waals surface area (Å²) >= 11 is 0. The van der Waals surface area contributed by atoms with E-state index < -0.39 is 27.5 Å². The molecule has 0 aliphatic carbocycles. The van der Waals surface area contributed by atoms with Gasteiger partial charge in [0.1, 0.15) is 6.04 Å². The number of carbonyl (C=O) groups is 2. The van der Waals surface area contributed by atoms with Gasteiger partial charge in [0.15, 0.2) is 0 Å². The number of rotatable bonds is 8. The molecule has 2 aromatic carbocycles. The fraction of sp³-hybridized carbons (Fsp3) is 0.440. The van der Waals surface area contributed by atoms with Gasteiger partial charge in [-0.1, -0.05) is 42.0 Å². The van der Waals surface area contributed by atoms with E-state index in [2.05, 4.69) is 5.32 Å². The van der Waals surface area contributed by atoms with E-state index in [0.717, 1.165) is 21.0 Å². The van der Waals surface area contributed by atoms with Gasteiger partial charge >= 0.3 is 0 Å². The molecule has 0 radical (unpaired) electrons. The van der Waals surface area contributed by atoms with Crippen molar-refractivity contribution in [3.63, 3.8) is 0 Å². The minimum Gasteiger partial charge on any atom is -0.350 e. The predicted molar refractivity (Wildman–Crippen MR) is 130 cm³/mol. The summed E-state index contributed by atoms with van der Waals surface area (Å²) in [6.45, 7) is 10.9. The van der Waals surface area contributed by atoms with Crippen LogP contribution in [0.5, 0.6) is 0 Å². The number of carbonyl (C=O) groups excluding carboxylic acids is 2. The van der Waals surface area contributed by atoms with Crippen LogP contribution in [0, 0.1) is 13.8 Å². The molecule has 1 N–H and O–H groups in total. The Morgan fingerprint density at radius 3 is 2.12 bits per heavy atom. The molecule has 0 saturated heterocycles. The maximum Gasteiger partial charge on any atom is 0.243 e. The number of sulfonamides is 1. The summed E-state index contributed by atoms with van der Waals surface area (Å²) in [4.78, 5) is 27.8. The highest BCUT2D eigenvalue weighted by molar-refractivity contribution is 7.89. The van der Waals surface area contributed by atoms with Crippen LogP contribution >= 0.6 is 0 Å². The molecule has 33 heavy (non-hydrogen) atoms. The van der Waals surface area contributed by atoms with Gasteiger partial charge in [0.05, 0.1) is 11.4 Å². The Morgan fingerprint density at radius 2 is 1.58 bits per heavy atom. The standard InChI is InChI=1S/C25H35N3O4S/c1-18-12-14-22(15-13-18)33(31,32)27(7)17-23(29)28(16-21-11-9-8-10-19(21)2)20(3)24(30)26-25(4,5)6/h8-15,20H,16-17H2,1-7H3,(H,26,30). The molecule has 0 spiro atoms. The lowest BCUT2D eigenvalue weighted by Crippen LogP contribution is -2.54. The smallest absolute Gasteiger partial charge is 0.243 e. The highest BCUT2D eigenvalue weighted by Gasteiger charge is 2.31. The third kappa shape index (κ3) is 7.14. The number of hydrogen-bond acceptors (Lipinski definition) is 4. The van der Waals surface area contributed by atoms with Crippen molar-refractivity contribution in [3.8, 4) is 0 Å². The summed E-state index contributed by atoms with van der Waals surface area (Å²) < 4.78 is 27.0. The number of nitrogens with one attached hydrogen (secondary N) is 1. The third-order valence-corrected chi connectivity index (χ3v) is 7.17. The average molecular weight is 474 g/mol. The van der Waals surface area contributed by atoms with E-state index >= 15 is 0 Å². The first-order chi connectivity index (χ1) is 15.2. The summed E-state index contributed by atoms with van der Waals surface area (Å²) in [6.07, 6.45) is 0. The van der Waals surface area contributed by atoms with Crippen LogP contribution < -0.4 is 5.32 Å². The average Bonchev–Trinajstić information content (AvgIpc) is 2.71. The molecule has 0 aliphatic heterocycles. The van der Waals surface area contributed by atoms with Gasteiger partial charge in [-0.25, -0.2) is 8.42 Å². The second-order valence-electron chi connectivity index (χ2n) is 9.44. The van der Waals surface area contributed by atoms with E-state index in [1.165, 1.54) is 24.1 Å². The van der Waals surface area contributed by atoms with Crippen LogP contribution in [0.15, 0.2) is 53.4 Å². The van der Waals surface area contributed by atoms with Crippen molar-refractivity contribution in [2.24, 2.45) is 0 Å². The molecule has 2 rings (SSSR count). The largest absolute Gasteiger partial charge is 0.350 e. The van der Waals surface area contributed by atoms with Crippen molar-refractivity contribution >= 4 is 21.8 Å². The molecule has 0 fully saturated rings. The van der Waals surface area contributed by atoms with Crippen molar-refractivity contribution in [1.29, 1.82) is 0 Å². The molecule has 7 nitrogen and oxygen atoms in total. The molecule has 1 atom stereocenters. The third-order valence-electron chi connectivity index (χ3n) is 5.35. The predicted octanol–water partition coefficient (Wildman–Crippen LogP) is 3.26. The topological polar surface area (TPSA) is 86.8 Å². The number of nitrogens with zero attached hydrogens (tertiary/aromatic N) is 2. The van der Waals surface area contributed by atoms with Crippen molar-refractivity contribution in [2.45, 2.75) is 64.6 Å². The van der Waals surface area contributed by atoms with Crippen LogP contribution in [0.4, 0.5) is 0 Å². The van der Waals surface area contributed by atoms with E-state index in [1.807, 2.05) is 58.9 Å². The maximum atomic E-state index is 13.4. The first-order valence-corrected chi connectivity index (χ1v) is 12.4. The molecule has 180 valence electrons. The molecule has 1 unspecified atom stereocenters. The molecule has 2 aromatic rings. The Kier molecular flexibility index (Phi) is 8.43. The summed E-state index contributed by atoms with van der Waals surface area (Å²) in [5.41, 5.74) is 2.36. The van der Waals surface area contributed by atoms with Gasteiger partial charge < -0.3 is 10.2 Å². The lowest BCUT2D eigenvalue weighted by atomic mass is 10.1. The number of hydrogen-bond donors (Lipinski definition) is 1. The number of amides is 2. The summed E-state index contributed by atoms with van der Waals surface area (Å²) in [5, 5.41) is 2.90. The Hall–Kier alpha value is -2.71. The quantitative estimate of drug-likeness (QED) is 0.638. The fourth-order valence-corrected chi connectivity index (χ4v) is 4.40. The van der Waals surface area contributed by atoms with Gasteiger partial charge in [0.25, 0.3) is 0 Å². The van der Waals surface area contributed by atoms with E-state index in [1.54, 1.807) is 19.1 Å². The molecule has 0 heterocycles. The molecule has 2 amide bonds. The van der Waals surface area contributed by atoms with E-state index in [-0.39, 0.29) is 23.9 Å². The highest BCUT2D eigenvalue weighted by Crippen LogP contribution is 2.18. The molecule has 0 aromatic heterocycles. The fourth-order valence-electron chi connectivity index (χ4n) is 3.28. The number of aryl methyl sites for hydroxylation is 2. The number of benzene rings is 2. The molecule has 0 bridgehead atoms. The monoisotopic (exact) mass is 473 g/mol. The summed E-state index contributed by atoms with van der Waals surface area (Å²) in [5.74, 6) is -0.749. The Balaban J connectivity index is 2.31. The van der Waals surface area contributed by atoms with E-state index in [9.17, 15) is 18.0 Å². The molecule has 8 heteroatoms. The van der Waals surface area contributed by atoms with Gasteiger partial charge in [-0.05, 0) is 64.8 Å². The first-order valence-electron chi connectivity index (χ1n) is 10.9. The lowest BCUT2D eigenvalue weighted by Gasteiger charge is -2.32. The van der Waals surface area contributed by atoms with Crippen molar-refractivity contribution in [3.05, 3.63) is 65.2 Å². The van der Waals surface area contributed by atoms with Crippen LogP contribution in [0.25, 0.3) is 0 Å². The van der Waals surface area contributed by atoms with Gasteiger partial charge in [-0.3, -0.25) is 9.59 Å². The minimum atomic E-state index is -3.85. The molecular formula is C25H35N3O4S. The lowest BCUT2D eigenvalue weighted by molar-refractivity contribution is -0.141. The van der Waals surface area contributed by atoms with Gasteiger partial charge in [-0.15, -0.1) is 0 Å². The SMILES string of the molecule is Cc1ccc(S(=O)(=O)N(C)CC(=O)N(Cc2ccccc2C)C(C)C(=O)NC(C)(C)C)cc1. The minimum absolute atomic E-state index is 0.118. The van der Waals surface area contributed by atoms with Crippen molar-refractivity contribution < 1.29 is 18.0 Å². The van der Waals surface area contributed by atoms with Gasteiger partial charge in [-0.2, -0.15) is 4.31 Å². The van der Waals surface area contributed by atoms with E-state index in [0.29, 0.717) is 0 Å². The Bertz CT molecular complexity index is 1090. The second-order valence-corrected chi connectivity index (χ2v) is 11.5. The van der Waals surface area contributed by atoms with Crippen LogP contribution in [0.1, 0.15) is 44.4 Å². The first kappa shape index (κ1) is 26.5. The second kappa shape index (κ2) is 10.5. The van der Waals surface area contributed by atoms with Crippen LogP contribution in [-0.2, 0) is 26.2 Å². The van der Waals surface area contributed by atoms with Gasteiger partial charge in [0, 0.05) is 19.1 Å². The van der Waals surface area contributed by atoms with Crippen LogP contribution in [0.2, 0.25) is 0 Å². The van der Waals surface area contributed by atoms with E-state index in [4.69, 9.17) is 0 Å². The maximum absolute atomic E-state index is 13.4.